The second kappa shape index (κ2) is 6.51. The van der Waals surface area contributed by atoms with Crippen LogP contribution in [0.5, 0.6) is 0 Å². The van der Waals surface area contributed by atoms with Gasteiger partial charge in [-0.3, -0.25) is 9.59 Å². The highest BCUT2D eigenvalue weighted by Gasteiger charge is 2.26. The molecule has 0 saturated heterocycles. The number of carboxylic acids is 1. The first-order valence-corrected chi connectivity index (χ1v) is 5.77. The summed E-state index contributed by atoms with van der Waals surface area (Å²) < 4.78 is 0. The summed E-state index contributed by atoms with van der Waals surface area (Å²) in [6.45, 7) is 10.8. The fourth-order valence-corrected chi connectivity index (χ4v) is 1.52. The predicted octanol–water partition coefficient (Wildman–Crippen LogP) is 1.85. The molecule has 1 atom stereocenters. The second-order valence-corrected chi connectivity index (χ2v) is 5.09. The van der Waals surface area contributed by atoms with Crippen molar-refractivity contribution in [1.29, 1.82) is 0 Å². The van der Waals surface area contributed by atoms with Crippen molar-refractivity contribution in [3.8, 4) is 0 Å². The molecule has 4 heteroatoms. The lowest BCUT2D eigenvalue weighted by atomic mass is 10.1. The largest absolute Gasteiger partial charge is 0.481 e. The summed E-state index contributed by atoms with van der Waals surface area (Å²) in [7, 11) is 0. The Morgan fingerprint density at radius 1 is 1.00 bits per heavy atom. The van der Waals surface area contributed by atoms with Crippen molar-refractivity contribution < 1.29 is 14.7 Å². The van der Waals surface area contributed by atoms with Crippen LogP contribution in [0.2, 0.25) is 0 Å². The first-order chi connectivity index (χ1) is 7.25. The quantitative estimate of drug-likeness (QED) is 0.707. The van der Waals surface area contributed by atoms with Crippen LogP contribution in [-0.4, -0.2) is 35.0 Å². The van der Waals surface area contributed by atoms with E-state index in [-0.39, 0.29) is 5.91 Å². The van der Waals surface area contributed by atoms with Crippen LogP contribution in [-0.2, 0) is 9.59 Å². The maximum atomic E-state index is 11.9. The van der Waals surface area contributed by atoms with Gasteiger partial charge in [-0.25, -0.2) is 0 Å². The number of carboxylic acid groups (broad SMARTS) is 1. The Morgan fingerprint density at radius 3 is 1.62 bits per heavy atom. The van der Waals surface area contributed by atoms with E-state index >= 15 is 0 Å². The third kappa shape index (κ3) is 5.14. The fourth-order valence-electron chi connectivity index (χ4n) is 1.52. The molecule has 0 aliphatic rings. The Bertz CT molecular complexity index is 239. The van der Waals surface area contributed by atoms with E-state index in [2.05, 4.69) is 0 Å². The Hall–Kier alpha value is -1.06. The molecule has 0 rings (SSSR count). The molecule has 0 aromatic carbocycles. The summed E-state index contributed by atoms with van der Waals surface area (Å²) >= 11 is 0. The Balaban J connectivity index is 4.61. The van der Waals surface area contributed by atoms with Crippen molar-refractivity contribution in [3.63, 3.8) is 0 Å². The van der Waals surface area contributed by atoms with Crippen molar-refractivity contribution in [2.75, 3.05) is 13.1 Å². The van der Waals surface area contributed by atoms with Crippen LogP contribution in [0.3, 0.4) is 0 Å². The van der Waals surface area contributed by atoms with Crippen molar-refractivity contribution >= 4 is 11.9 Å². The first-order valence-electron chi connectivity index (χ1n) is 5.77. The van der Waals surface area contributed by atoms with E-state index in [0.29, 0.717) is 24.9 Å². The number of carbonyl (C=O) groups excluding carboxylic acids is 1. The smallest absolute Gasteiger partial charge is 0.315 e. The van der Waals surface area contributed by atoms with Gasteiger partial charge in [0.15, 0.2) is 0 Å². The molecule has 94 valence electrons. The molecule has 0 heterocycles. The van der Waals surface area contributed by atoms with Gasteiger partial charge in [0.1, 0.15) is 5.92 Å². The molecule has 0 spiro atoms. The van der Waals surface area contributed by atoms with Gasteiger partial charge in [0, 0.05) is 13.1 Å². The van der Waals surface area contributed by atoms with Gasteiger partial charge in [-0.15, -0.1) is 0 Å². The monoisotopic (exact) mass is 229 g/mol. The average Bonchev–Trinajstić information content (AvgIpc) is 2.12. The van der Waals surface area contributed by atoms with Crippen LogP contribution in [0.25, 0.3) is 0 Å². The second-order valence-electron chi connectivity index (χ2n) is 5.09. The fraction of sp³-hybridized carbons (Fsp3) is 0.833. The summed E-state index contributed by atoms with van der Waals surface area (Å²) in [5.41, 5.74) is 0. The van der Waals surface area contributed by atoms with Crippen LogP contribution < -0.4 is 0 Å². The molecule has 0 aliphatic heterocycles. The van der Waals surface area contributed by atoms with E-state index in [0.717, 1.165) is 0 Å². The lowest BCUT2D eigenvalue weighted by Crippen LogP contribution is -2.42. The normalized spacial score (nSPS) is 12.9. The van der Waals surface area contributed by atoms with Gasteiger partial charge in [-0.05, 0) is 18.8 Å². The molecule has 1 amide bonds. The van der Waals surface area contributed by atoms with Gasteiger partial charge in [0.05, 0.1) is 0 Å². The minimum Gasteiger partial charge on any atom is -0.481 e. The Morgan fingerprint density at radius 2 is 1.38 bits per heavy atom. The number of rotatable bonds is 6. The summed E-state index contributed by atoms with van der Waals surface area (Å²) in [6, 6.07) is 0. The predicted molar refractivity (Wildman–Crippen MR) is 63.1 cm³/mol. The number of hydrogen-bond acceptors (Lipinski definition) is 2. The summed E-state index contributed by atoms with van der Waals surface area (Å²) in [4.78, 5) is 24.3. The van der Waals surface area contributed by atoms with Crippen LogP contribution in [0, 0.1) is 17.8 Å². The van der Waals surface area contributed by atoms with Crippen molar-refractivity contribution in [3.05, 3.63) is 0 Å². The third-order valence-electron chi connectivity index (χ3n) is 2.22. The molecule has 0 saturated carbocycles. The molecular formula is C12H23NO3. The summed E-state index contributed by atoms with van der Waals surface area (Å²) in [5, 5.41) is 8.82. The number of carbonyl (C=O) groups is 2. The van der Waals surface area contributed by atoms with Crippen LogP contribution >= 0.6 is 0 Å². The Labute approximate surface area is 97.6 Å². The Kier molecular flexibility index (Phi) is 6.08. The van der Waals surface area contributed by atoms with Gasteiger partial charge >= 0.3 is 5.97 Å². The highest BCUT2D eigenvalue weighted by atomic mass is 16.4. The van der Waals surface area contributed by atoms with E-state index in [4.69, 9.17) is 5.11 Å². The number of hydrogen-bond donors (Lipinski definition) is 1. The maximum absolute atomic E-state index is 11.9. The highest BCUT2D eigenvalue weighted by Crippen LogP contribution is 2.09. The molecule has 0 radical (unpaired) electrons. The molecule has 0 bridgehead atoms. The topological polar surface area (TPSA) is 57.6 Å². The third-order valence-corrected chi connectivity index (χ3v) is 2.22. The molecule has 0 aromatic heterocycles. The molecule has 4 nitrogen and oxygen atoms in total. The van der Waals surface area contributed by atoms with Gasteiger partial charge < -0.3 is 10.0 Å². The number of amides is 1. The van der Waals surface area contributed by atoms with Crippen LogP contribution in [0.15, 0.2) is 0 Å². The van der Waals surface area contributed by atoms with Gasteiger partial charge in [-0.1, -0.05) is 27.7 Å². The SMILES string of the molecule is CC(C)CN(CC(C)C)C(=O)C(C)C(=O)O. The van der Waals surface area contributed by atoms with E-state index in [1.54, 1.807) is 4.90 Å². The zero-order chi connectivity index (χ0) is 12.9. The summed E-state index contributed by atoms with van der Waals surface area (Å²) in [6.07, 6.45) is 0. The molecule has 1 unspecified atom stereocenters. The van der Waals surface area contributed by atoms with Crippen LogP contribution in [0.1, 0.15) is 34.6 Å². The van der Waals surface area contributed by atoms with E-state index in [9.17, 15) is 9.59 Å². The first kappa shape index (κ1) is 14.9. The zero-order valence-electron chi connectivity index (χ0n) is 10.9. The molecule has 16 heavy (non-hydrogen) atoms. The molecule has 0 aliphatic carbocycles. The van der Waals surface area contributed by atoms with Crippen molar-refractivity contribution in [2.45, 2.75) is 34.6 Å². The standard InChI is InChI=1S/C12H23NO3/c1-8(2)6-13(7-9(3)4)11(14)10(5)12(15)16/h8-10H,6-7H2,1-5H3,(H,15,16). The molecule has 1 N–H and O–H groups in total. The van der Waals surface area contributed by atoms with Gasteiger partial charge in [0.2, 0.25) is 5.91 Å². The number of nitrogens with zero attached hydrogens (tertiary/aromatic N) is 1. The molecule has 0 fully saturated rings. The minimum atomic E-state index is -1.05. The lowest BCUT2D eigenvalue weighted by molar-refractivity contribution is -0.150. The van der Waals surface area contributed by atoms with Crippen molar-refractivity contribution in [1.82, 2.24) is 4.90 Å². The minimum absolute atomic E-state index is 0.282. The van der Waals surface area contributed by atoms with E-state index < -0.39 is 11.9 Å². The number of aliphatic carboxylic acids is 1. The maximum Gasteiger partial charge on any atom is 0.315 e. The lowest BCUT2D eigenvalue weighted by Gasteiger charge is -2.27. The average molecular weight is 229 g/mol. The van der Waals surface area contributed by atoms with Gasteiger partial charge in [-0.2, -0.15) is 0 Å². The highest BCUT2D eigenvalue weighted by molar-refractivity contribution is 5.96. The van der Waals surface area contributed by atoms with Crippen LogP contribution in [0.4, 0.5) is 0 Å². The molecular weight excluding hydrogens is 206 g/mol. The van der Waals surface area contributed by atoms with E-state index in [1.165, 1.54) is 6.92 Å². The van der Waals surface area contributed by atoms with Gasteiger partial charge in [0.25, 0.3) is 0 Å². The summed E-state index contributed by atoms with van der Waals surface area (Å²) in [5.74, 6) is -1.58. The van der Waals surface area contributed by atoms with Crippen molar-refractivity contribution in [2.24, 2.45) is 17.8 Å². The zero-order valence-corrected chi connectivity index (χ0v) is 10.9. The molecule has 0 aromatic rings. The van der Waals surface area contributed by atoms with E-state index in [1.807, 2.05) is 27.7 Å².